The lowest BCUT2D eigenvalue weighted by Gasteiger charge is -2.01. The average Bonchev–Trinajstić information content (AvgIpc) is 2.60. The molecule has 0 bridgehead atoms. The van der Waals surface area contributed by atoms with Gasteiger partial charge in [-0.15, -0.1) is 0 Å². The van der Waals surface area contributed by atoms with Crippen LogP contribution in [0.15, 0.2) is 18.2 Å². The highest BCUT2D eigenvalue weighted by atomic mass is 14.3. The summed E-state index contributed by atoms with van der Waals surface area (Å²) in [6, 6.07) is 6.84. The molecule has 0 heteroatoms. The highest BCUT2D eigenvalue weighted by Gasteiger charge is 2.29. The van der Waals surface area contributed by atoms with Crippen molar-refractivity contribution in [1.29, 1.82) is 0 Å². The zero-order valence-electron chi connectivity index (χ0n) is 6.64. The van der Waals surface area contributed by atoms with Crippen molar-refractivity contribution in [2.75, 3.05) is 0 Å². The minimum Gasteiger partial charge on any atom is -0.0617 e. The Bertz CT molecular complexity index is 273. The van der Waals surface area contributed by atoms with Crippen molar-refractivity contribution in [3.05, 3.63) is 34.9 Å². The molecular weight excluding hydrogens is 132 g/mol. The number of hydrogen-bond donors (Lipinski definition) is 0. The van der Waals surface area contributed by atoms with Gasteiger partial charge in [0.1, 0.15) is 0 Å². The molecule has 0 nitrogen and oxygen atoms in total. The first-order valence-electron chi connectivity index (χ1n) is 4.56. The SMILES string of the molecule is c1cc2c3c(c1)CCC3CC2. The maximum atomic E-state index is 2.31. The van der Waals surface area contributed by atoms with E-state index in [-0.39, 0.29) is 0 Å². The summed E-state index contributed by atoms with van der Waals surface area (Å²) in [6.07, 6.45) is 5.53. The van der Waals surface area contributed by atoms with Crippen molar-refractivity contribution in [1.82, 2.24) is 0 Å². The lowest BCUT2D eigenvalue weighted by Crippen LogP contribution is -1.84. The summed E-state index contributed by atoms with van der Waals surface area (Å²) in [6.45, 7) is 0. The second-order valence-electron chi connectivity index (χ2n) is 3.76. The van der Waals surface area contributed by atoms with Gasteiger partial charge in [0, 0.05) is 0 Å². The standard InChI is InChI=1S/C11H12/c1-2-8-4-6-10-7-5-9(3-1)11(8)10/h1-3,10H,4-7H2. The Labute approximate surface area is 67.2 Å². The van der Waals surface area contributed by atoms with Gasteiger partial charge in [0.15, 0.2) is 0 Å². The van der Waals surface area contributed by atoms with Gasteiger partial charge in [-0.2, -0.15) is 0 Å². The molecule has 1 aromatic carbocycles. The van der Waals surface area contributed by atoms with E-state index in [1.54, 1.807) is 16.7 Å². The fourth-order valence-electron chi connectivity index (χ4n) is 2.72. The quantitative estimate of drug-likeness (QED) is 0.525. The highest BCUT2D eigenvalue weighted by Crippen LogP contribution is 2.43. The van der Waals surface area contributed by atoms with Gasteiger partial charge in [-0.1, -0.05) is 18.2 Å². The van der Waals surface area contributed by atoms with Gasteiger partial charge in [-0.3, -0.25) is 0 Å². The van der Waals surface area contributed by atoms with Crippen LogP contribution >= 0.6 is 0 Å². The van der Waals surface area contributed by atoms with E-state index in [4.69, 9.17) is 0 Å². The lowest BCUT2D eigenvalue weighted by atomic mass is 10.0. The second kappa shape index (κ2) is 1.88. The van der Waals surface area contributed by atoms with E-state index in [1.165, 1.54) is 25.7 Å². The molecule has 0 atom stereocenters. The molecule has 0 aliphatic heterocycles. The van der Waals surface area contributed by atoms with Crippen molar-refractivity contribution in [3.63, 3.8) is 0 Å². The van der Waals surface area contributed by atoms with Crippen LogP contribution in [0.4, 0.5) is 0 Å². The molecule has 1 aromatic rings. The molecule has 0 saturated carbocycles. The minimum atomic E-state index is 0.946. The molecule has 3 rings (SSSR count). The summed E-state index contributed by atoms with van der Waals surface area (Å²) in [4.78, 5) is 0. The molecule has 0 amide bonds. The van der Waals surface area contributed by atoms with Gasteiger partial charge in [0.2, 0.25) is 0 Å². The Hall–Kier alpha value is -0.780. The largest absolute Gasteiger partial charge is 0.0617 e. The van der Waals surface area contributed by atoms with Crippen LogP contribution in [0.5, 0.6) is 0 Å². The predicted molar refractivity (Wildman–Crippen MR) is 45.8 cm³/mol. The number of aryl methyl sites for hydroxylation is 2. The minimum absolute atomic E-state index is 0.946. The molecule has 0 fully saturated rings. The molecule has 2 aliphatic carbocycles. The fourth-order valence-corrected chi connectivity index (χ4v) is 2.72. The van der Waals surface area contributed by atoms with Crippen LogP contribution in [-0.4, -0.2) is 0 Å². The van der Waals surface area contributed by atoms with E-state index in [0.29, 0.717) is 0 Å². The topological polar surface area (TPSA) is 0 Å². The zero-order valence-corrected chi connectivity index (χ0v) is 6.64. The van der Waals surface area contributed by atoms with Gasteiger partial charge in [0.25, 0.3) is 0 Å². The average molecular weight is 144 g/mol. The Morgan fingerprint density at radius 1 is 1.00 bits per heavy atom. The van der Waals surface area contributed by atoms with E-state index in [2.05, 4.69) is 18.2 Å². The maximum Gasteiger partial charge on any atom is -0.0150 e. The van der Waals surface area contributed by atoms with Crippen LogP contribution in [0.3, 0.4) is 0 Å². The van der Waals surface area contributed by atoms with Gasteiger partial charge in [-0.05, 0) is 48.3 Å². The first-order chi connectivity index (χ1) is 5.45. The molecule has 0 heterocycles. The van der Waals surface area contributed by atoms with Crippen LogP contribution < -0.4 is 0 Å². The summed E-state index contributed by atoms with van der Waals surface area (Å²) in [5.41, 5.74) is 5.02. The van der Waals surface area contributed by atoms with Crippen LogP contribution in [0, 0.1) is 0 Å². The van der Waals surface area contributed by atoms with Gasteiger partial charge in [0.05, 0.1) is 0 Å². The third-order valence-corrected chi connectivity index (χ3v) is 3.22. The van der Waals surface area contributed by atoms with Crippen LogP contribution in [0.2, 0.25) is 0 Å². The number of rotatable bonds is 0. The molecule has 0 spiro atoms. The smallest absolute Gasteiger partial charge is 0.0150 e. The van der Waals surface area contributed by atoms with Crippen molar-refractivity contribution < 1.29 is 0 Å². The summed E-state index contributed by atoms with van der Waals surface area (Å²) in [5, 5.41) is 0. The predicted octanol–water partition coefficient (Wildman–Crippen LogP) is 2.66. The summed E-state index contributed by atoms with van der Waals surface area (Å²) >= 11 is 0. The molecule has 0 unspecified atom stereocenters. The molecule has 0 N–H and O–H groups in total. The van der Waals surface area contributed by atoms with Crippen molar-refractivity contribution in [2.24, 2.45) is 0 Å². The van der Waals surface area contributed by atoms with E-state index >= 15 is 0 Å². The Morgan fingerprint density at radius 2 is 1.64 bits per heavy atom. The van der Waals surface area contributed by atoms with E-state index < -0.39 is 0 Å². The third kappa shape index (κ3) is 0.649. The Morgan fingerprint density at radius 3 is 2.27 bits per heavy atom. The van der Waals surface area contributed by atoms with E-state index in [0.717, 1.165) is 5.92 Å². The number of benzene rings is 1. The van der Waals surface area contributed by atoms with Gasteiger partial charge >= 0.3 is 0 Å². The van der Waals surface area contributed by atoms with Crippen LogP contribution in [-0.2, 0) is 12.8 Å². The Balaban J connectivity index is 2.31. The molecule has 56 valence electrons. The summed E-state index contributed by atoms with van der Waals surface area (Å²) < 4.78 is 0. The Kier molecular flexibility index (Phi) is 0.993. The molecule has 11 heavy (non-hydrogen) atoms. The normalized spacial score (nSPS) is 20.7. The van der Waals surface area contributed by atoms with Gasteiger partial charge < -0.3 is 0 Å². The first-order valence-corrected chi connectivity index (χ1v) is 4.56. The molecule has 0 aromatic heterocycles. The van der Waals surface area contributed by atoms with Crippen LogP contribution in [0.1, 0.15) is 35.4 Å². The molecule has 0 saturated heterocycles. The van der Waals surface area contributed by atoms with Crippen LogP contribution in [0.25, 0.3) is 0 Å². The monoisotopic (exact) mass is 144 g/mol. The summed E-state index contributed by atoms with van der Waals surface area (Å²) in [7, 11) is 0. The molecule has 0 radical (unpaired) electrons. The lowest BCUT2D eigenvalue weighted by molar-refractivity contribution is 0.661. The second-order valence-corrected chi connectivity index (χ2v) is 3.76. The first kappa shape index (κ1) is 5.82. The van der Waals surface area contributed by atoms with E-state index in [1.807, 2.05) is 0 Å². The van der Waals surface area contributed by atoms with Crippen molar-refractivity contribution in [3.8, 4) is 0 Å². The number of hydrogen-bond acceptors (Lipinski definition) is 0. The third-order valence-electron chi connectivity index (χ3n) is 3.22. The van der Waals surface area contributed by atoms with Crippen molar-refractivity contribution in [2.45, 2.75) is 31.6 Å². The highest BCUT2D eigenvalue weighted by molar-refractivity contribution is 5.44. The summed E-state index contributed by atoms with van der Waals surface area (Å²) in [5.74, 6) is 0.946. The zero-order chi connectivity index (χ0) is 7.26. The van der Waals surface area contributed by atoms with Gasteiger partial charge in [-0.25, -0.2) is 0 Å². The molecule has 2 aliphatic rings. The maximum absolute atomic E-state index is 2.31. The molecular formula is C11H12. The van der Waals surface area contributed by atoms with E-state index in [9.17, 15) is 0 Å². The van der Waals surface area contributed by atoms with Crippen molar-refractivity contribution >= 4 is 0 Å². The fraction of sp³-hybridized carbons (Fsp3) is 0.455.